The minimum absolute atomic E-state index is 0.0759. The molecule has 146 valence electrons. The molecule has 11 heteroatoms. The number of carbonyl (C=O) groups is 1. The molecule has 7 nitrogen and oxygen atoms in total. The predicted octanol–water partition coefficient (Wildman–Crippen LogP) is 3.27. The zero-order valence-electron chi connectivity index (χ0n) is 14.3. The summed E-state index contributed by atoms with van der Waals surface area (Å²) in [6.07, 6.45) is -2.80. The van der Waals surface area contributed by atoms with Gasteiger partial charge < -0.3 is 15.8 Å². The lowest BCUT2D eigenvalue weighted by molar-refractivity contribution is -0.137. The van der Waals surface area contributed by atoms with E-state index in [4.69, 9.17) is 10.5 Å². The smallest absolute Gasteiger partial charge is 0.417 e. The Kier molecular flexibility index (Phi) is 4.91. The summed E-state index contributed by atoms with van der Waals surface area (Å²) >= 11 is 0. The van der Waals surface area contributed by atoms with Crippen LogP contribution >= 0.6 is 0 Å². The van der Waals surface area contributed by atoms with E-state index in [9.17, 15) is 22.4 Å². The fourth-order valence-electron chi connectivity index (χ4n) is 2.41. The molecule has 1 aromatic carbocycles. The highest BCUT2D eigenvalue weighted by atomic mass is 19.4. The molecule has 0 radical (unpaired) electrons. The highest BCUT2D eigenvalue weighted by Crippen LogP contribution is 2.30. The fraction of sp³-hybridized carbons (Fsp3) is 0.118. The number of hydrogen-bond donors (Lipinski definition) is 2. The van der Waals surface area contributed by atoms with Crippen LogP contribution in [0.5, 0.6) is 5.75 Å². The second kappa shape index (κ2) is 7.18. The van der Waals surface area contributed by atoms with E-state index in [1.54, 1.807) is 0 Å². The number of hydrogen-bond acceptors (Lipinski definition) is 5. The number of benzene rings is 1. The molecule has 3 rings (SSSR count). The number of anilines is 2. The standard InChI is InChI=1S/C17H13F4N5O2/c1-28-14-11(18)3-2-4-12(14)26-15(22)10(8-24-26)16(27)25-13-6-5-9(7-23-13)17(19,20)21/h2-8H,22H2,1H3,(H,23,25,27). The molecule has 0 bridgehead atoms. The number of methoxy groups -OCH3 is 1. The van der Waals surface area contributed by atoms with Gasteiger partial charge in [0.2, 0.25) is 0 Å². The van der Waals surface area contributed by atoms with Crippen molar-refractivity contribution in [2.45, 2.75) is 6.18 Å². The highest BCUT2D eigenvalue weighted by molar-refractivity contribution is 6.06. The molecule has 0 aliphatic carbocycles. The number of nitrogens with one attached hydrogen (secondary N) is 1. The second-order valence-corrected chi connectivity index (χ2v) is 5.53. The molecular weight excluding hydrogens is 382 g/mol. The van der Waals surface area contributed by atoms with Gasteiger partial charge in [-0.15, -0.1) is 0 Å². The summed E-state index contributed by atoms with van der Waals surface area (Å²) in [7, 11) is 1.27. The number of alkyl halides is 3. The number of nitrogens with two attached hydrogens (primary N) is 1. The maximum atomic E-state index is 13.9. The molecule has 0 fully saturated rings. The first-order chi connectivity index (χ1) is 13.2. The van der Waals surface area contributed by atoms with Crippen molar-refractivity contribution < 1.29 is 27.1 Å². The van der Waals surface area contributed by atoms with E-state index >= 15 is 0 Å². The van der Waals surface area contributed by atoms with Gasteiger partial charge in [-0.2, -0.15) is 18.3 Å². The first kappa shape index (κ1) is 19.1. The van der Waals surface area contributed by atoms with Crippen LogP contribution in [0.25, 0.3) is 5.69 Å². The molecule has 0 aliphatic heterocycles. The summed E-state index contributed by atoms with van der Waals surface area (Å²) in [5.41, 5.74) is 5.09. The molecule has 0 saturated heterocycles. The van der Waals surface area contributed by atoms with Crippen LogP contribution in [0.4, 0.5) is 29.2 Å². The highest BCUT2D eigenvalue weighted by Gasteiger charge is 2.30. The molecule has 3 aromatic rings. The Morgan fingerprint density at radius 2 is 1.96 bits per heavy atom. The van der Waals surface area contributed by atoms with E-state index in [1.165, 1.54) is 25.3 Å². The number of amides is 1. The lowest BCUT2D eigenvalue weighted by Crippen LogP contribution is -2.15. The summed E-state index contributed by atoms with van der Waals surface area (Å²) in [5, 5.41) is 6.29. The van der Waals surface area contributed by atoms with Gasteiger partial charge in [-0.3, -0.25) is 4.79 Å². The van der Waals surface area contributed by atoms with Gasteiger partial charge in [0.05, 0.1) is 18.9 Å². The minimum atomic E-state index is -4.54. The van der Waals surface area contributed by atoms with Gasteiger partial charge in [-0.1, -0.05) is 6.07 Å². The molecule has 2 heterocycles. The van der Waals surface area contributed by atoms with E-state index in [0.717, 1.165) is 23.0 Å². The van der Waals surface area contributed by atoms with E-state index in [2.05, 4.69) is 15.4 Å². The molecule has 0 aliphatic rings. The van der Waals surface area contributed by atoms with Crippen LogP contribution in [0.2, 0.25) is 0 Å². The van der Waals surface area contributed by atoms with E-state index < -0.39 is 23.5 Å². The second-order valence-electron chi connectivity index (χ2n) is 5.53. The Morgan fingerprint density at radius 1 is 1.21 bits per heavy atom. The van der Waals surface area contributed by atoms with Gasteiger partial charge in [-0.05, 0) is 24.3 Å². The monoisotopic (exact) mass is 395 g/mol. The topological polar surface area (TPSA) is 95.1 Å². The Morgan fingerprint density at radius 3 is 2.57 bits per heavy atom. The number of aromatic nitrogens is 3. The molecule has 0 unspecified atom stereocenters. The number of carbonyl (C=O) groups excluding carboxylic acids is 1. The number of pyridine rings is 1. The number of nitrogen functional groups attached to an aromatic ring is 1. The van der Waals surface area contributed by atoms with Gasteiger partial charge in [0.1, 0.15) is 22.9 Å². The van der Waals surface area contributed by atoms with Crippen LogP contribution in [-0.2, 0) is 6.18 Å². The number of para-hydroxylation sites is 1. The van der Waals surface area contributed by atoms with Crippen LogP contribution < -0.4 is 15.8 Å². The molecule has 0 spiro atoms. The summed E-state index contributed by atoms with van der Waals surface area (Å²) < 4.78 is 57.7. The third-order valence-electron chi connectivity index (χ3n) is 3.76. The van der Waals surface area contributed by atoms with E-state index in [1.807, 2.05) is 0 Å². The molecular formula is C17H13F4N5O2. The summed E-state index contributed by atoms with van der Waals surface area (Å²) in [6, 6.07) is 5.89. The van der Waals surface area contributed by atoms with Crippen LogP contribution in [0.3, 0.4) is 0 Å². The summed E-state index contributed by atoms with van der Waals surface area (Å²) in [5.74, 6) is -1.73. The maximum absolute atomic E-state index is 13.9. The lowest BCUT2D eigenvalue weighted by atomic mass is 10.2. The number of rotatable bonds is 4. The van der Waals surface area contributed by atoms with Crippen LogP contribution in [0.15, 0.2) is 42.7 Å². The van der Waals surface area contributed by atoms with Gasteiger partial charge in [-0.25, -0.2) is 14.1 Å². The van der Waals surface area contributed by atoms with Gasteiger partial charge in [0, 0.05) is 6.20 Å². The third kappa shape index (κ3) is 3.59. The van der Waals surface area contributed by atoms with Crippen molar-refractivity contribution in [2.24, 2.45) is 0 Å². The normalized spacial score (nSPS) is 11.3. The van der Waals surface area contributed by atoms with Crippen molar-refractivity contribution in [3.63, 3.8) is 0 Å². The van der Waals surface area contributed by atoms with Gasteiger partial charge in [0.15, 0.2) is 11.6 Å². The average Bonchev–Trinajstić information content (AvgIpc) is 3.02. The summed E-state index contributed by atoms with van der Waals surface area (Å²) in [4.78, 5) is 15.9. The zero-order chi connectivity index (χ0) is 20.5. The number of nitrogens with zero attached hydrogens (tertiary/aromatic N) is 3. The zero-order valence-corrected chi connectivity index (χ0v) is 14.3. The predicted molar refractivity (Wildman–Crippen MR) is 91.7 cm³/mol. The maximum Gasteiger partial charge on any atom is 0.417 e. The Bertz CT molecular complexity index is 1020. The average molecular weight is 395 g/mol. The SMILES string of the molecule is COc1c(F)cccc1-n1ncc(C(=O)Nc2ccc(C(F)(F)F)cn2)c1N. The molecule has 2 aromatic heterocycles. The van der Waals surface area contributed by atoms with E-state index in [0.29, 0.717) is 6.20 Å². The fourth-order valence-corrected chi connectivity index (χ4v) is 2.41. The van der Waals surface area contributed by atoms with Crippen LogP contribution in [0, 0.1) is 5.82 Å². The molecule has 0 atom stereocenters. The molecule has 3 N–H and O–H groups in total. The largest absolute Gasteiger partial charge is 0.492 e. The van der Waals surface area contributed by atoms with Crippen LogP contribution in [-0.4, -0.2) is 27.8 Å². The van der Waals surface area contributed by atoms with Crippen molar-refractivity contribution in [3.05, 3.63) is 59.7 Å². The first-order valence-electron chi connectivity index (χ1n) is 7.73. The van der Waals surface area contributed by atoms with Gasteiger partial charge in [0.25, 0.3) is 5.91 Å². The number of ether oxygens (including phenoxy) is 1. The van der Waals surface area contributed by atoms with E-state index in [-0.39, 0.29) is 28.6 Å². The third-order valence-corrected chi connectivity index (χ3v) is 3.76. The van der Waals surface area contributed by atoms with Crippen molar-refractivity contribution >= 4 is 17.5 Å². The van der Waals surface area contributed by atoms with Gasteiger partial charge >= 0.3 is 6.18 Å². The van der Waals surface area contributed by atoms with Crippen LogP contribution in [0.1, 0.15) is 15.9 Å². The summed E-state index contributed by atoms with van der Waals surface area (Å²) in [6.45, 7) is 0. The molecule has 28 heavy (non-hydrogen) atoms. The number of halogens is 4. The van der Waals surface area contributed by atoms with Crippen molar-refractivity contribution in [1.29, 1.82) is 0 Å². The molecule has 0 saturated carbocycles. The Labute approximate surface area is 155 Å². The minimum Gasteiger partial charge on any atom is -0.492 e. The molecule has 1 amide bonds. The van der Waals surface area contributed by atoms with Crippen molar-refractivity contribution in [2.75, 3.05) is 18.2 Å². The van der Waals surface area contributed by atoms with Crippen molar-refractivity contribution in [3.8, 4) is 11.4 Å². The van der Waals surface area contributed by atoms with Crippen molar-refractivity contribution in [1.82, 2.24) is 14.8 Å². The lowest BCUT2D eigenvalue weighted by Gasteiger charge is -2.11. The Hall–Kier alpha value is -3.63. The Balaban J connectivity index is 1.86. The first-order valence-corrected chi connectivity index (χ1v) is 7.73. The quantitative estimate of drug-likeness (QED) is 0.661.